The summed E-state index contributed by atoms with van der Waals surface area (Å²) in [6.45, 7) is 1.55. The quantitative estimate of drug-likeness (QED) is 0.604. The van der Waals surface area contributed by atoms with Gasteiger partial charge in [0.15, 0.2) is 0 Å². The molecule has 0 heterocycles. The molecule has 0 aliphatic carbocycles. The highest BCUT2D eigenvalue weighted by Gasteiger charge is 2.16. The molecule has 17 heavy (non-hydrogen) atoms. The van der Waals surface area contributed by atoms with Crippen LogP contribution in [0.25, 0.3) is 0 Å². The Morgan fingerprint density at radius 3 is 2.76 bits per heavy atom. The lowest BCUT2D eigenvalue weighted by Gasteiger charge is -2.10. The third kappa shape index (κ3) is 2.92. The molecule has 0 saturated heterocycles. The van der Waals surface area contributed by atoms with Crippen LogP contribution in [-0.4, -0.2) is 22.0 Å². The van der Waals surface area contributed by atoms with E-state index in [0.717, 1.165) is 6.07 Å². The second-order valence-corrected chi connectivity index (χ2v) is 3.29. The smallest absolute Gasteiger partial charge is 0.338 e. The van der Waals surface area contributed by atoms with Gasteiger partial charge in [0.25, 0.3) is 5.69 Å². The molecule has 2 N–H and O–H groups in total. The maximum atomic E-state index is 10.9. The van der Waals surface area contributed by atoms with Crippen LogP contribution in [0.4, 0.5) is 11.4 Å². The van der Waals surface area contributed by atoms with E-state index in [9.17, 15) is 14.9 Å². The molecule has 7 nitrogen and oxygen atoms in total. The second-order valence-electron chi connectivity index (χ2n) is 3.29. The number of nitrogens with one attached hydrogen (secondary N) is 1. The van der Waals surface area contributed by atoms with Crippen LogP contribution in [0.2, 0.25) is 0 Å². The number of carboxylic acid groups (broad SMARTS) is 1. The highest BCUT2D eigenvalue weighted by atomic mass is 16.6. The Balaban J connectivity index is 3.18. The second kappa shape index (κ2) is 4.94. The number of carboxylic acids is 1. The number of benzene rings is 1. The minimum absolute atomic E-state index is 0.178. The molecule has 1 unspecified atom stereocenters. The molecular formula is C10H9N3O4. The van der Waals surface area contributed by atoms with Crippen LogP contribution in [-0.2, 0) is 0 Å². The van der Waals surface area contributed by atoms with Crippen molar-refractivity contribution in [3.05, 3.63) is 33.9 Å². The molecule has 0 aliphatic rings. The van der Waals surface area contributed by atoms with Crippen molar-refractivity contribution in [3.8, 4) is 6.07 Å². The normalized spacial score (nSPS) is 11.3. The summed E-state index contributed by atoms with van der Waals surface area (Å²) < 4.78 is 0. The molecule has 1 aromatic carbocycles. The predicted molar refractivity (Wildman–Crippen MR) is 58.8 cm³/mol. The molecule has 0 radical (unpaired) electrons. The topological polar surface area (TPSA) is 116 Å². The molecule has 0 saturated carbocycles. The van der Waals surface area contributed by atoms with Crippen LogP contribution in [0, 0.1) is 21.4 Å². The number of aromatic carboxylic acids is 1. The lowest BCUT2D eigenvalue weighted by molar-refractivity contribution is -0.384. The van der Waals surface area contributed by atoms with Crippen molar-refractivity contribution in [1.82, 2.24) is 0 Å². The van der Waals surface area contributed by atoms with Crippen molar-refractivity contribution in [2.75, 3.05) is 5.32 Å². The van der Waals surface area contributed by atoms with E-state index in [4.69, 9.17) is 10.4 Å². The van der Waals surface area contributed by atoms with E-state index >= 15 is 0 Å². The van der Waals surface area contributed by atoms with E-state index in [1.165, 1.54) is 12.1 Å². The SMILES string of the molecule is CC(C#N)Nc1ccc([N+](=O)[O-])cc1C(=O)O. The fraction of sp³-hybridized carbons (Fsp3) is 0.200. The van der Waals surface area contributed by atoms with Crippen molar-refractivity contribution in [3.63, 3.8) is 0 Å². The minimum Gasteiger partial charge on any atom is -0.478 e. The lowest BCUT2D eigenvalue weighted by Crippen LogP contribution is -2.15. The molecule has 1 aromatic rings. The first-order valence-electron chi connectivity index (χ1n) is 4.63. The molecule has 0 aliphatic heterocycles. The van der Waals surface area contributed by atoms with Gasteiger partial charge in [-0.05, 0) is 13.0 Å². The van der Waals surface area contributed by atoms with Gasteiger partial charge in [0, 0.05) is 12.1 Å². The van der Waals surface area contributed by atoms with Gasteiger partial charge in [0.05, 0.1) is 22.2 Å². The number of hydrogen-bond donors (Lipinski definition) is 2. The Morgan fingerprint density at radius 2 is 2.29 bits per heavy atom. The first-order valence-corrected chi connectivity index (χ1v) is 4.63. The number of carbonyl (C=O) groups is 1. The van der Waals surface area contributed by atoms with Gasteiger partial charge in [0.1, 0.15) is 6.04 Å². The van der Waals surface area contributed by atoms with Crippen LogP contribution in [0.5, 0.6) is 0 Å². The molecule has 7 heteroatoms. The molecule has 1 atom stereocenters. The fourth-order valence-electron chi connectivity index (χ4n) is 1.21. The highest BCUT2D eigenvalue weighted by Crippen LogP contribution is 2.22. The average Bonchev–Trinajstić information content (AvgIpc) is 2.28. The number of nitro groups is 1. The van der Waals surface area contributed by atoms with Gasteiger partial charge < -0.3 is 10.4 Å². The summed E-state index contributed by atoms with van der Waals surface area (Å²) in [6.07, 6.45) is 0. The summed E-state index contributed by atoms with van der Waals surface area (Å²) in [5.41, 5.74) is -0.365. The standard InChI is InChI=1S/C10H9N3O4/c1-6(5-11)12-9-3-2-7(13(16)17)4-8(9)10(14)15/h2-4,6,12H,1H3,(H,14,15). The van der Waals surface area contributed by atoms with E-state index in [-0.39, 0.29) is 16.9 Å². The maximum Gasteiger partial charge on any atom is 0.338 e. The summed E-state index contributed by atoms with van der Waals surface area (Å²) in [7, 11) is 0. The third-order valence-corrected chi connectivity index (χ3v) is 2.01. The Kier molecular flexibility index (Phi) is 3.62. The Hall–Kier alpha value is -2.62. The minimum atomic E-state index is -1.29. The Bertz CT molecular complexity index is 507. The maximum absolute atomic E-state index is 10.9. The van der Waals surface area contributed by atoms with Gasteiger partial charge in [-0.25, -0.2) is 4.79 Å². The molecule has 0 fully saturated rings. The number of non-ortho nitro benzene ring substituents is 1. The summed E-state index contributed by atoms with van der Waals surface area (Å²) in [5.74, 6) is -1.29. The zero-order chi connectivity index (χ0) is 13.0. The fourth-order valence-corrected chi connectivity index (χ4v) is 1.21. The number of rotatable bonds is 4. The molecule has 1 rings (SSSR count). The average molecular weight is 235 g/mol. The van der Waals surface area contributed by atoms with Crippen molar-refractivity contribution in [2.45, 2.75) is 13.0 Å². The Labute approximate surface area is 96.4 Å². The molecule has 0 amide bonds. The van der Waals surface area contributed by atoms with E-state index < -0.39 is 16.9 Å². The molecular weight excluding hydrogens is 226 g/mol. The zero-order valence-corrected chi connectivity index (χ0v) is 8.88. The van der Waals surface area contributed by atoms with Crippen LogP contribution >= 0.6 is 0 Å². The molecule has 88 valence electrons. The number of nitrogens with zero attached hydrogens (tertiary/aromatic N) is 2. The summed E-state index contributed by atoms with van der Waals surface area (Å²) in [5, 5.41) is 30.7. The van der Waals surface area contributed by atoms with Crippen LogP contribution in [0.15, 0.2) is 18.2 Å². The van der Waals surface area contributed by atoms with Crippen LogP contribution in [0.3, 0.4) is 0 Å². The number of hydrogen-bond acceptors (Lipinski definition) is 5. The Morgan fingerprint density at radius 1 is 1.65 bits per heavy atom. The van der Waals surface area contributed by atoms with Crippen molar-refractivity contribution < 1.29 is 14.8 Å². The van der Waals surface area contributed by atoms with Gasteiger partial charge in [0.2, 0.25) is 0 Å². The predicted octanol–water partition coefficient (Wildman–Crippen LogP) is 1.62. The van der Waals surface area contributed by atoms with E-state index in [1.54, 1.807) is 6.92 Å². The van der Waals surface area contributed by atoms with Crippen LogP contribution < -0.4 is 5.32 Å². The van der Waals surface area contributed by atoms with Crippen LogP contribution in [0.1, 0.15) is 17.3 Å². The number of nitriles is 1. The van der Waals surface area contributed by atoms with Crippen molar-refractivity contribution in [1.29, 1.82) is 5.26 Å². The first kappa shape index (κ1) is 12.4. The van der Waals surface area contributed by atoms with Gasteiger partial charge in [-0.15, -0.1) is 0 Å². The summed E-state index contributed by atoms with van der Waals surface area (Å²) in [4.78, 5) is 20.7. The lowest BCUT2D eigenvalue weighted by atomic mass is 10.1. The van der Waals surface area contributed by atoms with E-state index in [2.05, 4.69) is 5.32 Å². The van der Waals surface area contributed by atoms with E-state index in [0.29, 0.717) is 0 Å². The van der Waals surface area contributed by atoms with Gasteiger partial charge in [-0.2, -0.15) is 5.26 Å². The molecule has 0 aromatic heterocycles. The highest BCUT2D eigenvalue weighted by molar-refractivity contribution is 5.95. The van der Waals surface area contributed by atoms with E-state index in [1.807, 2.05) is 6.07 Å². The van der Waals surface area contributed by atoms with Gasteiger partial charge in [-0.3, -0.25) is 10.1 Å². The van der Waals surface area contributed by atoms with Crippen molar-refractivity contribution >= 4 is 17.3 Å². The number of nitro benzene ring substituents is 1. The number of anilines is 1. The summed E-state index contributed by atoms with van der Waals surface area (Å²) in [6, 6.07) is 4.70. The largest absolute Gasteiger partial charge is 0.478 e. The van der Waals surface area contributed by atoms with Crippen molar-refractivity contribution in [2.24, 2.45) is 0 Å². The van der Waals surface area contributed by atoms with Gasteiger partial charge >= 0.3 is 5.97 Å². The zero-order valence-electron chi connectivity index (χ0n) is 8.88. The summed E-state index contributed by atoms with van der Waals surface area (Å²) >= 11 is 0. The molecule has 0 bridgehead atoms. The first-order chi connectivity index (χ1) is 7.95. The molecule has 0 spiro atoms. The monoisotopic (exact) mass is 235 g/mol. The van der Waals surface area contributed by atoms with Gasteiger partial charge in [-0.1, -0.05) is 0 Å². The third-order valence-electron chi connectivity index (χ3n) is 2.01.